The number of nitrogens with one attached hydrogen (secondary N) is 3. The van der Waals surface area contributed by atoms with E-state index in [1.165, 1.54) is 0 Å². The number of carbonyl (C=O) groups is 2. The van der Waals surface area contributed by atoms with Crippen molar-refractivity contribution in [2.75, 3.05) is 7.11 Å². The number of hydrogen-bond acceptors (Lipinski definition) is 4. The van der Waals surface area contributed by atoms with E-state index in [0.717, 1.165) is 29.7 Å². The van der Waals surface area contributed by atoms with Gasteiger partial charge >= 0.3 is 6.03 Å². The second-order valence-corrected chi connectivity index (χ2v) is 5.48. The van der Waals surface area contributed by atoms with Gasteiger partial charge in [-0.05, 0) is 36.1 Å². The Balaban J connectivity index is 1.79. The lowest BCUT2D eigenvalue weighted by molar-refractivity contribution is -0.118. The molecule has 23 heavy (non-hydrogen) atoms. The SMILES string of the molecule is C=C1NC(=O)NC(C(=O)N[C@@H]2CCc3cc(OC)ccc32)=C1N. The van der Waals surface area contributed by atoms with Crippen LogP contribution in [0.5, 0.6) is 5.75 Å². The van der Waals surface area contributed by atoms with Crippen LogP contribution in [-0.4, -0.2) is 19.0 Å². The molecule has 5 N–H and O–H groups in total. The van der Waals surface area contributed by atoms with Crippen molar-refractivity contribution in [2.45, 2.75) is 18.9 Å². The number of ether oxygens (including phenoxy) is 1. The van der Waals surface area contributed by atoms with Gasteiger partial charge in [-0.25, -0.2) is 4.79 Å². The highest BCUT2D eigenvalue weighted by Crippen LogP contribution is 2.33. The molecule has 3 rings (SSSR count). The largest absolute Gasteiger partial charge is 0.497 e. The molecule has 0 saturated carbocycles. The molecule has 1 aliphatic heterocycles. The fraction of sp³-hybridized carbons (Fsp3) is 0.250. The van der Waals surface area contributed by atoms with Gasteiger partial charge in [-0.1, -0.05) is 12.6 Å². The number of aryl methyl sites for hydroxylation is 1. The Morgan fingerprint density at radius 2 is 2.22 bits per heavy atom. The van der Waals surface area contributed by atoms with Crippen LogP contribution in [0.3, 0.4) is 0 Å². The van der Waals surface area contributed by atoms with Gasteiger partial charge in [-0.3, -0.25) is 4.79 Å². The van der Waals surface area contributed by atoms with Gasteiger partial charge in [0.1, 0.15) is 11.4 Å². The number of amides is 3. The first-order valence-electron chi connectivity index (χ1n) is 7.24. The zero-order valence-electron chi connectivity index (χ0n) is 12.7. The van der Waals surface area contributed by atoms with Gasteiger partial charge in [-0.2, -0.15) is 0 Å². The number of rotatable bonds is 3. The average Bonchev–Trinajstić information content (AvgIpc) is 2.92. The normalized spacial score (nSPS) is 19.8. The van der Waals surface area contributed by atoms with Crippen molar-refractivity contribution in [3.05, 3.63) is 53.0 Å². The molecule has 0 radical (unpaired) electrons. The Morgan fingerprint density at radius 1 is 1.43 bits per heavy atom. The van der Waals surface area contributed by atoms with Crippen LogP contribution in [0.1, 0.15) is 23.6 Å². The summed E-state index contributed by atoms with van der Waals surface area (Å²) in [6, 6.07) is 5.15. The molecule has 7 heteroatoms. The van der Waals surface area contributed by atoms with E-state index in [-0.39, 0.29) is 23.1 Å². The Hall–Kier alpha value is -2.96. The van der Waals surface area contributed by atoms with E-state index >= 15 is 0 Å². The van der Waals surface area contributed by atoms with Crippen molar-refractivity contribution in [3.63, 3.8) is 0 Å². The third-order valence-corrected chi connectivity index (χ3v) is 4.06. The molecule has 1 aromatic rings. The second kappa shape index (κ2) is 5.68. The molecule has 0 saturated heterocycles. The van der Waals surface area contributed by atoms with E-state index in [0.29, 0.717) is 0 Å². The van der Waals surface area contributed by atoms with Gasteiger partial charge in [0.15, 0.2) is 0 Å². The Labute approximate surface area is 133 Å². The minimum Gasteiger partial charge on any atom is -0.497 e. The first-order valence-corrected chi connectivity index (χ1v) is 7.24. The molecule has 0 spiro atoms. The molecule has 7 nitrogen and oxygen atoms in total. The topological polar surface area (TPSA) is 105 Å². The molecule has 0 aromatic heterocycles. The highest BCUT2D eigenvalue weighted by atomic mass is 16.5. The number of nitrogens with two attached hydrogens (primary N) is 1. The van der Waals surface area contributed by atoms with E-state index < -0.39 is 11.9 Å². The summed E-state index contributed by atoms with van der Waals surface area (Å²) >= 11 is 0. The molecule has 1 atom stereocenters. The van der Waals surface area contributed by atoms with Crippen LogP contribution in [0.2, 0.25) is 0 Å². The highest BCUT2D eigenvalue weighted by molar-refractivity contribution is 6.00. The molecule has 1 aliphatic carbocycles. The van der Waals surface area contributed by atoms with Crippen LogP contribution in [0, 0.1) is 0 Å². The summed E-state index contributed by atoms with van der Waals surface area (Å²) in [6.07, 6.45) is 1.64. The quantitative estimate of drug-likeness (QED) is 0.662. The summed E-state index contributed by atoms with van der Waals surface area (Å²) in [5.74, 6) is 0.372. The number of carbonyl (C=O) groups excluding carboxylic acids is 2. The highest BCUT2D eigenvalue weighted by Gasteiger charge is 2.29. The van der Waals surface area contributed by atoms with Gasteiger partial charge < -0.3 is 26.4 Å². The number of fused-ring (bicyclic) bond motifs is 1. The molecule has 0 bridgehead atoms. The summed E-state index contributed by atoms with van der Waals surface area (Å²) in [5, 5.41) is 7.75. The van der Waals surface area contributed by atoms with Gasteiger partial charge in [-0.15, -0.1) is 0 Å². The third-order valence-electron chi connectivity index (χ3n) is 4.06. The Morgan fingerprint density at radius 3 is 2.96 bits per heavy atom. The zero-order valence-corrected chi connectivity index (χ0v) is 12.7. The fourth-order valence-corrected chi connectivity index (χ4v) is 2.85. The van der Waals surface area contributed by atoms with E-state index in [1.807, 2.05) is 18.2 Å². The lowest BCUT2D eigenvalue weighted by Gasteiger charge is -2.22. The average molecular weight is 314 g/mol. The lowest BCUT2D eigenvalue weighted by atomic mass is 10.1. The molecule has 1 heterocycles. The van der Waals surface area contributed by atoms with Crippen molar-refractivity contribution in [1.82, 2.24) is 16.0 Å². The molecule has 0 unspecified atom stereocenters. The molecule has 120 valence electrons. The van der Waals surface area contributed by atoms with Crippen LogP contribution in [0.4, 0.5) is 4.79 Å². The maximum Gasteiger partial charge on any atom is 0.323 e. The predicted octanol–water partition coefficient (Wildman–Crippen LogP) is 0.795. The molecule has 1 aromatic carbocycles. The number of benzene rings is 1. The van der Waals surface area contributed by atoms with Gasteiger partial charge in [0.25, 0.3) is 5.91 Å². The fourth-order valence-electron chi connectivity index (χ4n) is 2.85. The van der Waals surface area contributed by atoms with E-state index in [2.05, 4.69) is 22.5 Å². The van der Waals surface area contributed by atoms with Gasteiger partial charge in [0.05, 0.1) is 24.5 Å². The van der Waals surface area contributed by atoms with E-state index in [9.17, 15) is 9.59 Å². The number of urea groups is 1. The predicted molar refractivity (Wildman–Crippen MR) is 84.2 cm³/mol. The van der Waals surface area contributed by atoms with Crippen LogP contribution in [-0.2, 0) is 11.2 Å². The zero-order chi connectivity index (χ0) is 16.6. The summed E-state index contributed by atoms with van der Waals surface area (Å²) in [7, 11) is 1.62. The van der Waals surface area contributed by atoms with Crippen LogP contribution >= 0.6 is 0 Å². The van der Waals surface area contributed by atoms with E-state index in [4.69, 9.17) is 10.5 Å². The maximum atomic E-state index is 12.4. The van der Waals surface area contributed by atoms with Gasteiger partial charge in [0.2, 0.25) is 0 Å². The Bertz CT molecular complexity index is 739. The minimum atomic E-state index is -0.522. The molecule has 2 aliphatic rings. The third kappa shape index (κ3) is 2.73. The van der Waals surface area contributed by atoms with E-state index in [1.54, 1.807) is 7.11 Å². The van der Waals surface area contributed by atoms with Gasteiger partial charge in [0, 0.05) is 0 Å². The van der Waals surface area contributed by atoms with Crippen molar-refractivity contribution >= 4 is 11.9 Å². The summed E-state index contributed by atoms with van der Waals surface area (Å²) in [4.78, 5) is 23.9. The van der Waals surface area contributed by atoms with Crippen molar-refractivity contribution in [2.24, 2.45) is 5.73 Å². The van der Waals surface area contributed by atoms with Crippen LogP contribution in [0.25, 0.3) is 0 Å². The smallest absolute Gasteiger partial charge is 0.323 e. The van der Waals surface area contributed by atoms with Crippen molar-refractivity contribution in [3.8, 4) is 5.75 Å². The first-order chi connectivity index (χ1) is 11.0. The summed E-state index contributed by atoms with van der Waals surface area (Å²) in [6.45, 7) is 3.62. The number of hydrogen-bond donors (Lipinski definition) is 4. The van der Waals surface area contributed by atoms with Crippen LogP contribution < -0.4 is 26.4 Å². The lowest BCUT2D eigenvalue weighted by Crippen LogP contribution is -2.47. The molecule has 3 amide bonds. The molecule has 0 fully saturated rings. The number of methoxy groups -OCH3 is 1. The minimum absolute atomic E-state index is 0.0284. The standard InChI is InChI=1S/C16H18N4O3/c1-8-13(17)14(20-16(22)18-8)15(21)19-12-6-3-9-7-10(23-2)4-5-11(9)12/h4-5,7,12H,1,3,6,17H2,2H3,(H,19,21)(H2,18,20,22)/t12-/m1/s1. The monoisotopic (exact) mass is 314 g/mol. The van der Waals surface area contributed by atoms with Crippen molar-refractivity contribution < 1.29 is 14.3 Å². The molecular formula is C16H18N4O3. The first kappa shape index (κ1) is 15.0. The summed E-state index contributed by atoms with van der Waals surface area (Å²) in [5.41, 5.74) is 8.40. The van der Waals surface area contributed by atoms with Crippen LogP contribution in [0.15, 0.2) is 41.9 Å². The molecular weight excluding hydrogens is 296 g/mol. The second-order valence-electron chi connectivity index (χ2n) is 5.48. The van der Waals surface area contributed by atoms with Crippen molar-refractivity contribution in [1.29, 1.82) is 0 Å². The maximum absolute atomic E-state index is 12.4. The Kier molecular flexibility index (Phi) is 3.69. The summed E-state index contributed by atoms with van der Waals surface area (Å²) < 4.78 is 5.21.